The Morgan fingerprint density at radius 2 is 1.97 bits per heavy atom. The number of rotatable bonds is 9. The zero-order valence-electron chi connectivity index (χ0n) is 18.3. The van der Waals surface area contributed by atoms with E-state index < -0.39 is 11.7 Å². The number of hydrogen-bond donors (Lipinski definition) is 1. The van der Waals surface area contributed by atoms with Crippen LogP contribution in [0.25, 0.3) is 5.69 Å². The zero-order valence-corrected chi connectivity index (χ0v) is 18.3. The van der Waals surface area contributed by atoms with Crippen molar-refractivity contribution in [3.63, 3.8) is 0 Å². The van der Waals surface area contributed by atoms with Crippen LogP contribution in [0.3, 0.4) is 0 Å². The van der Waals surface area contributed by atoms with Gasteiger partial charge in [0.15, 0.2) is 5.82 Å². The molecule has 0 saturated carbocycles. The standard InChI is InChI=1S/C22H26F3N5O2/c1-4-6-19-27-21(32-29-19)8-5-7-20(31)26-13-16-9-10-17(12-18(16)22(23,24)25)30-15(3)11-14(2)28-30/h9-12H,4-8,13H2,1-3H3,(H,26,31). The van der Waals surface area contributed by atoms with E-state index in [1.807, 2.05) is 6.92 Å². The van der Waals surface area contributed by atoms with Gasteiger partial charge in [0.1, 0.15) is 0 Å². The molecule has 0 atom stereocenters. The molecule has 0 radical (unpaired) electrons. The highest BCUT2D eigenvalue weighted by atomic mass is 19.4. The van der Waals surface area contributed by atoms with Gasteiger partial charge >= 0.3 is 6.18 Å². The molecule has 172 valence electrons. The Balaban J connectivity index is 1.60. The SMILES string of the molecule is CCCc1noc(CCCC(=O)NCc2ccc(-n3nc(C)cc3C)cc2C(F)(F)F)n1. The van der Waals surface area contributed by atoms with Crippen molar-refractivity contribution in [2.75, 3.05) is 0 Å². The van der Waals surface area contributed by atoms with Gasteiger partial charge in [-0.05, 0) is 50.5 Å². The minimum Gasteiger partial charge on any atom is -0.352 e. The van der Waals surface area contributed by atoms with Crippen molar-refractivity contribution < 1.29 is 22.5 Å². The molecule has 0 aliphatic carbocycles. The Kier molecular flexibility index (Phi) is 7.32. The fraction of sp³-hybridized carbons (Fsp3) is 0.455. The lowest BCUT2D eigenvalue weighted by atomic mass is 10.1. The van der Waals surface area contributed by atoms with Crippen LogP contribution in [-0.2, 0) is 30.4 Å². The zero-order chi connectivity index (χ0) is 23.3. The Labute approximate surface area is 184 Å². The van der Waals surface area contributed by atoms with E-state index in [9.17, 15) is 18.0 Å². The molecule has 3 rings (SSSR count). The van der Waals surface area contributed by atoms with E-state index in [2.05, 4.69) is 20.6 Å². The van der Waals surface area contributed by atoms with Crippen molar-refractivity contribution in [3.05, 3.63) is 58.5 Å². The van der Waals surface area contributed by atoms with Crippen LogP contribution < -0.4 is 5.32 Å². The lowest BCUT2D eigenvalue weighted by molar-refractivity contribution is -0.138. The molecular formula is C22H26F3N5O2. The third-order valence-corrected chi connectivity index (χ3v) is 4.91. The number of nitrogens with one attached hydrogen (secondary N) is 1. The van der Waals surface area contributed by atoms with E-state index >= 15 is 0 Å². The maximum atomic E-state index is 13.7. The summed E-state index contributed by atoms with van der Waals surface area (Å²) in [6.45, 7) is 5.35. The van der Waals surface area contributed by atoms with Gasteiger partial charge in [0.25, 0.3) is 0 Å². The Morgan fingerprint density at radius 3 is 2.62 bits per heavy atom. The first-order valence-electron chi connectivity index (χ1n) is 10.5. The molecule has 2 aromatic heterocycles. The van der Waals surface area contributed by atoms with E-state index in [1.54, 1.807) is 26.0 Å². The van der Waals surface area contributed by atoms with Gasteiger partial charge in [-0.25, -0.2) is 4.68 Å². The van der Waals surface area contributed by atoms with E-state index in [1.165, 1.54) is 10.7 Å². The van der Waals surface area contributed by atoms with Crippen molar-refractivity contribution in [2.24, 2.45) is 0 Å². The Hall–Kier alpha value is -3.17. The molecule has 7 nitrogen and oxygen atoms in total. The monoisotopic (exact) mass is 449 g/mol. The fourth-order valence-electron chi connectivity index (χ4n) is 3.40. The van der Waals surface area contributed by atoms with Crippen molar-refractivity contribution >= 4 is 5.91 Å². The summed E-state index contributed by atoms with van der Waals surface area (Å²) in [6, 6.07) is 5.80. The van der Waals surface area contributed by atoms with Crippen LogP contribution in [0, 0.1) is 13.8 Å². The lowest BCUT2D eigenvalue weighted by Crippen LogP contribution is -2.24. The highest BCUT2D eigenvalue weighted by Crippen LogP contribution is 2.33. The first kappa shape index (κ1) is 23.5. The number of alkyl halides is 3. The van der Waals surface area contributed by atoms with Gasteiger partial charge in [0, 0.05) is 31.5 Å². The number of aryl methyl sites for hydroxylation is 4. The van der Waals surface area contributed by atoms with Crippen LogP contribution >= 0.6 is 0 Å². The van der Waals surface area contributed by atoms with Crippen LogP contribution in [0.4, 0.5) is 13.2 Å². The molecule has 1 aromatic carbocycles. The number of carbonyl (C=O) groups is 1. The average Bonchev–Trinajstić information content (AvgIpc) is 3.31. The third-order valence-electron chi connectivity index (χ3n) is 4.91. The predicted octanol–water partition coefficient (Wildman–Crippen LogP) is 4.48. The van der Waals surface area contributed by atoms with E-state index in [-0.39, 0.29) is 24.4 Å². The molecule has 1 N–H and O–H groups in total. The van der Waals surface area contributed by atoms with E-state index in [0.717, 1.165) is 30.3 Å². The number of amides is 1. The van der Waals surface area contributed by atoms with Crippen LogP contribution in [0.15, 0.2) is 28.8 Å². The van der Waals surface area contributed by atoms with Crippen molar-refractivity contribution in [3.8, 4) is 5.69 Å². The average molecular weight is 449 g/mol. The predicted molar refractivity (Wildman–Crippen MR) is 111 cm³/mol. The fourth-order valence-corrected chi connectivity index (χ4v) is 3.40. The first-order valence-corrected chi connectivity index (χ1v) is 10.5. The topological polar surface area (TPSA) is 85.8 Å². The Morgan fingerprint density at radius 1 is 1.19 bits per heavy atom. The molecule has 0 spiro atoms. The lowest BCUT2D eigenvalue weighted by Gasteiger charge is -2.16. The first-order chi connectivity index (χ1) is 15.2. The summed E-state index contributed by atoms with van der Waals surface area (Å²) in [4.78, 5) is 16.4. The molecule has 3 aromatic rings. The summed E-state index contributed by atoms with van der Waals surface area (Å²) < 4.78 is 47.6. The highest BCUT2D eigenvalue weighted by molar-refractivity contribution is 5.75. The quantitative estimate of drug-likeness (QED) is 0.521. The van der Waals surface area contributed by atoms with Crippen LogP contribution in [0.2, 0.25) is 0 Å². The number of aromatic nitrogens is 4. The molecule has 0 bridgehead atoms. The minimum atomic E-state index is -4.56. The number of nitrogens with zero attached hydrogens (tertiary/aromatic N) is 4. The molecule has 2 heterocycles. The summed E-state index contributed by atoms with van der Waals surface area (Å²) in [6.07, 6.45) is -1.87. The maximum absolute atomic E-state index is 13.7. The second-order valence-corrected chi connectivity index (χ2v) is 7.66. The molecule has 0 aliphatic heterocycles. The van der Waals surface area contributed by atoms with Gasteiger partial charge in [0.2, 0.25) is 11.8 Å². The molecule has 32 heavy (non-hydrogen) atoms. The normalized spacial score (nSPS) is 11.7. The smallest absolute Gasteiger partial charge is 0.352 e. The number of carbonyl (C=O) groups excluding carboxylic acids is 1. The molecule has 10 heteroatoms. The van der Waals surface area contributed by atoms with Crippen molar-refractivity contribution in [1.29, 1.82) is 0 Å². The molecule has 1 amide bonds. The Bertz CT molecular complexity index is 1070. The molecule has 0 saturated heterocycles. The summed E-state index contributed by atoms with van der Waals surface area (Å²) in [5.41, 5.74) is 0.976. The van der Waals surface area contributed by atoms with Gasteiger partial charge < -0.3 is 9.84 Å². The third kappa shape index (κ3) is 5.95. The maximum Gasteiger partial charge on any atom is 0.416 e. The largest absolute Gasteiger partial charge is 0.416 e. The van der Waals surface area contributed by atoms with Crippen molar-refractivity contribution in [2.45, 2.75) is 65.6 Å². The second kappa shape index (κ2) is 9.97. The van der Waals surface area contributed by atoms with Crippen molar-refractivity contribution in [1.82, 2.24) is 25.2 Å². The van der Waals surface area contributed by atoms with Gasteiger partial charge in [-0.15, -0.1) is 0 Å². The minimum absolute atomic E-state index is 0.00256. The number of benzene rings is 1. The summed E-state index contributed by atoms with van der Waals surface area (Å²) >= 11 is 0. The summed E-state index contributed by atoms with van der Waals surface area (Å²) in [5.74, 6) is 0.755. The van der Waals surface area contributed by atoms with E-state index in [4.69, 9.17) is 4.52 Å². The van der Waals surface area contributed by atoms with Gasteiger partial charge in [0.05, 0.1) is 16.9 Å². The molecular weight excluding hydrogens is 423 g/mol. The molecule has 0 unspecified atom stereocenters. The van der Waals surface area contributed by atoms with Gasteiger partial charge in [-0.1, -0.05) is 18.1 Å². The molecule has 0 fully saturated rings. The molecule has 0 aliphatic rings. The number of halogens is 3. The van der Waals surface area contributed by atoms with Gasteiger partial charge in [-0.2, -0.15) is 23.3 Å². The van der Waals surface area contributed by atoms with Gasteiger partial charge in [-0.3, -0.25) is 4.79 Å². The second-order valence-electron chi connectivity index (χ2n) is 7.66. The number of hydrogen-bond acceptors (Lipinski definition) is 5. The summed E-state index contributed by atoms with van der Waals surface area (Å²) in [7, 11) is 0. The highest BCUT2D eigenvalue weighted by Gasteiger charge is 2.34. The van der Waals surface area contributed by atoms with Crippen LogP contribution in [0.5, 0.6) is 0 Å². The van der Waals surface area contributed by atoms with Crippen LogP contribution in [-0.4, -0.2) is 25.8 Å². The summed E-state index contributed by atoms with van der Waals surface area (Å²) in [5, 5.41) is 10.7. The van der Waals surface area contributed by atoms with Crippen LogP contribution in [0.1, 0.15) is 60.4 Å². The van der Waals surface area contributed by atoms with E-state index in [0.29, 0.717) is 30.2 Å².